The molecule has 0 saturated heterocycles. The first-order chi connectivity index (χ1) is 29.8. The summed E-state index contributed by atoms with van der Waals surface area (Å²) in [4.78, 5) is 7.60. The topological polar surface area (TPSA) is 25.5 Å². The largest absolute Gasteiger partial charge is 0.310 e. The molecule has 4 nitrogen and oxygen atoms in total. The van der Waals surface area contributed by atoms with E-state index in [0.29, 0.717) is 0 Å². The number of rotatable bonds is 7. The SMILES string of the molecule is c1ccc(-c2ccc(N(c3ccc4c(c3)-c3ccccc3C4(c3ccccc3)c3ccccc3)c3ccc4c(c3)n3c5ccccc5nc3n4-c3ccccc3)cc2)cc1. The summed E-state index contributed by atoms with van der Waals surface area (Å²) in [7, 11) is 0. The van der Waals surface area contributed by atoms with Gasteiger partial charge in [-0.25, -0.2) is 4.98 Å². The standard InChI is InChI=1S/C56H38N4/c1-5-17-39(18-6-1)40-29-31-44(32-30-40)58(46-34-36-53-54(38-46)60-52-28-16-15-27-51(52)57-55(60)59(53)43-23-11-4-12-24-43)45-33-35-50-48(37-45)47-25-13-14-26-49(47)56(50,41-19-7-2-8-20-41)42-21-9-3-10-22-42/h1-38H. The molecule has 2 aromatic heterocycles. The first kappa shape index (κ1) is 34.1. The zero-order valence-electron chi connectivity index (χ0n) is 32.7. The number of hydrogen-bond donors (Lipinski definition) is 0. The molecule has 0 saturated carbocycles. The summed E-state index contributed by atoms with van der Waals surface area (Å²) < 4.78 is 4.59. The Labute approximate surface area is 348 Å². The van der Waals surface area contributed by atoms with E-state index in [0.717, 1.165) is 50.6 Å². The molecule has 0 N–H and O–H groups in total. The molecular weight excluding hydrogens is 729 g/mol. The van der Waals surface area contributed by atoms with Gasteiger partial charge in [0.25, 0.3) is 0 Å². The van der Waals surface area contributed by atoms with Gasteiger partial charge in [0.2, 0.25) is 5.78 Å². The molecule has 0 radical (unpaired) electrons. The van der Waals surface area contributed by atoms with E-state index in [4.69, 9.17) is 4.98 Å². The van der Waals surface area contributed by atoms with Crippen LogP contribution in [0.4, 0.5) is 17.1 Å². The predicted octanol–water partition coefficient (Wildman–Crippen LogP) is 13.9. The lowest BCUT2D eigenvalue weighted by Crippen LogP contribution is -2.28. The highest BCUT2D eigenvalue weighted by Crippen LogP contribution is 2.57. The molecule has 1 aliphatic rings. The van der Waals surface area contributed by atoms with Gasteiger partial charge in [0.1, 0.15) is 0 Å². The van der Waals surface area contributed by atoms with Gasteiger partial charge in [-0.15, -0.1) is 0 Å². The maximum absolute atomic E-state index is 5.19. The third kappa shape index (κ3) is 5.07. The number of anilines is 3. The van der Waals surface area contributed by atoms with Crippen LogP contribution in [0, 0.1) is 0 Å². The van der Waals surface area contributed by atoms with Crippen molar-refractivity contribution in [2.24, 2.45) is 0 Å². The van der Waals surface area contributed by atoms with Gasteiger partial charge >= 0.3 is 0 Å². The lowest BCUT2D eigenvalue weighted by atomic mass is 9.68. The number of benzene rings is 9. The Balaban J connectivity index is 1.11. The van der Waals surface area contributed by atoms with Crippen molar-refractivity contribution >= 4 is 44.9 Å². The van der Waals surface area contributed by atoms with Crippen molar-refractivity contribution in [1.82, 2.24) is 14.0 Å². The zero-order chi connectivity index (χ0) is 39.6. The van der Waals surface area contributed by atoms with Gasteiger partial charge in [0.05, 0.1) is 27.5 Å². The number of hydrogen-bond acceptors (Lipinski definition) is 2. The average molecular weight is 767 g/mol. The van der Waals surface area contributed by atoms with Gasteiger partial charge in [-0.05, 0) is 111 Å². The number of nitrogens with zero attached hydrogens (tertiary/aromatic N) is 4. The Morgan fingerprint density at radius 3 is 1.67 bits per heavy atom. The normalized spacial score (nSPS) is 12.8. The van der Waals surface area contributed by atoms with Crippen LogP contribution in [-0.4, -0.2) is 14.0 Å². The van der Waals surface area contributed by atoms with Crippen LogP contribution in [-0.2, 0) is 5.41 Å². The summed E-state index contributed by atoms with van der Waals surface area (Å²) in [5.41, 5.74) is 18.0. The molecule has 0 unspecified atom stereocenters. The monoisotopic (exact) mass is 766 g/mol. The van der Waals surface area contributed by atoms with E-state index >= 15 is 0 Å². The van der Waals surface area contributed by atoms with Gasteiger partial charge in [0, 0.05) is 22.7 Å². The van der Waals surface area contributed by atoms with Crippen molar-refractivity contribution in [3.05, 3.63) is 253 Å². The fraction of sp³-hybridized carbons (Fsp3) is 0.0179. The van der Waals surface area contributed by atoms with Crippen LogP contribution in [0.5, 0.6) is 0 Å². The van der Waals surface area contributed by atoms with Gasteiger partial charge in [-0.2, -0.15) is 0 Å². The lowest BCUT2D eigenvalue weighted by molar-refractivity contribution is 0.768. The maximum Gasteiger partial charge on any atom is 0.220 e. The Kier molecular flexibility index (Phi) is 7.72. The Morgan fingerprint density at radius 2 is 0.933 bits per heavy atom. The van der Waals surface area contributed by atoms with Gasteiger partial charge in [-0.1, -0.05) is 164 Å². The van der Waals surface area contributed by atoms with Crippen molar-refractivity contribution in [2.45, 2.75) is 5.41 Å². The first-order valence-corrected chi connectivity index (χ1v) is 20.6. The minimum Gasteiger partial charge on any atom is -0.310 e. The summed E-state index contributed by atoms with van der Waals surface area (Å²) in [5, 5.41) is 0. The molecule has 12 rings (SSSR count). The molecule has 0 aliphatic heterocycles. The van der Waals surface area contributed by atoms with Crippen molar-refractivity contribution in [2.75, 3.05) is 4.90 Å². The van der Waals surface area contributed by atoms with Crippen LogP contribution in [0.25, 0.3) is 55.8 Å². The highest BCUT2D eigenvalue weighted by Gasteiger charge is 2.46. The molecular formula is C56H38N4. The van der Waals surface area contributed by atoms with Crippen molar-refractivity contribution < 1.29 is 0 Å². The highest BCUT2D eigenvalue weighted by atomic mass is 15.2. The van der Waals surface area contributed by atoms with Crippen molar-refractivity contribution in [3.63, 3.8) is 0 Å². The van der Waals surface area contributed by atoms with E-state index < -0.39 is 5.41 Å². The number of fused-ring (bicyclic) bond motifs is 8. The molecule has 0 spiro atoms. The first-order valence-electron chi connectivity index (χ1n) is 20.6. The minimum absolute atomic E-state index is 0.470. The fourth-order valence-corrected chi connectivity index (χ4v) is 9.82. The second-order valence-corrected chi connectivity index (χ2v) is 15.6. The molecule has 9 aromatic carbocycles. The summed E-state index contributed by atoms with van der Waals surface area (Å²) in [6.45, 7) is 0. The number of aromatic nitrogens is 3. The van der Waals surface area contributed by atoms with Crippen LogP contribution in [0.15, 0.2) is 231 Å². The van der Waals surface area contributed by atoms with Crippen LogP contribution in [0.1, 0.15) is 22.3 Å². The van der Waals surface area contributed by atoms with E-state index in [1.54, 1.807) is 0 Å². The van der Waals surface area contributed by atoms with Crippen molar-refractivity contribution in [3.8, 4) is 27.9 Å². The molecule has 282 valence electrons. The maximum atomic E-state index is 5.19. The summed E-state index contributed by atoms with van der Waals surface area (Å²) in [6.07, 6.45) is 0. The minimum atomic E-state index is -0.470. The summed E-state index contributed by atoms with van der Waals surface area (Å²) >= 11 is 0. The Bertz CT molecular complexity index is 3310. The fourth-order valence-electron chi connectivity index (χ4n) is 9.82. The molecule has 0 bridgehead atoms. The van der Waals surface area contributed by atoms with E-state index in [-0.39, 0.29) is 0 Å². The third-order valence-electron chi connectivity index (χ3n) is 12.4. The van der Waals surface area contributed by atoms with Gasteiger partial charge in [-0.3, -0.25) is 8.97 Å². The van der Waals surface area contributed by atoms with E-state index in [1.165, 1.54) is 44.5 Å². The molecule has 11 aromatic rings. The van der Waals surface area contributed by atoms with Crippen molar-refractivity contribution in [1.29, 1.82) is 0 Å². The second kappa shape index (κ2) is 13.6. The quantitative estimate of drug-likeness (QED) is 0.161. The number of imidazole rings is 2. The molecule has 2 heterocycles. The average Bonchev–Trinajstić information content (AvgIpc) is 3.96. The van der Waals surface area contributed by atoms with E-state index in [9.17, 15) is 0 Å². The van der Waals surface area contributed by atoms with Crippen LogP contribution < -0.4 is 4.90 Å². The molecule has 4 heteroatoms. The van der Waals surface area contributed by atoms with Crippen LogP contribution in [0.2, 0.25) is 0 Å². The van der Waals surface area contributed by atoms with Gasteiger partial charge < -0.3 is 4.90 Å². The van der Waals surface area contributed by atoms with Crippen LogP contribution in [0.3, 0.4) is 0 Å². The Hall–Kier alpha value is -7.95. The van der Waals surface area contributed by atoms with Crippen LogP contribution >= 0.6 is 0 Å². The smallest absolute Gasteiger partial charge is 0.220 e. The second-order valence-electron chi connectivity index (χ2n) is 15.6. The zero-order valence-corrected chi connectivity index (χ0v) is 32.7. The summed E-state index contributed by atoms with van der Waals surface area (Å²) in [6, 6.07) is 83.5. The highest BCUT2D eigenvalue weighted by molar-refractivity contribution is 5.96. The third-order valence-corrected chi connectivity index (χ3v) is 12.4. The molecule has 0 atom stereocenters. The molecule has 1 aliphatic carbocycles. The lowest BCUT2D eigenvalue weighted by Gasteiger charge is -2.34. The molecule has 0 fully saturated rings. The molecule has 0 amide bonds. The Morgan fingerprint density at radius 1 is 0.383 bits per heavy atom. The predicted molar refractivity (Wildman–Crippen MR) is 247 cm³/mol. The number of para-hydroxylation sites is 3. The van der Waals surface area contributed by atoms with Gasteiger partial charge in [0.15, 0.2) is 0 Å². The molecule has 60 heavy (non-hydrogen) atoms. The summed E-state index contributed by atoms with van der Waals surface area (Å²) in [5.74, 6) is 0.889. The van der Waals surface area contributed by atoms with E-state index in [2.05, 4.69) is 244 Å². The van der Waals surface area contributed by atoms with E-state index in [1.807, 2.05) is 0 Å².